The van der Waals surface area contributed by atoms with Crippen LogP contribution < -0.4 is 4.90 Å². The zero-order valence-electron chi connectivity index (χ0n) is 12.7. The van der Waals surface area contributed by atoms with E-state index in [0.717, 1.165) is 48.6 Å². The number of hydrogen-bond donors (Lipinski definition) is 1. The molecule has 23 heavy (non-hydrogen) atoms. The van der Waals surface area contributed by atoms with Crippen molar-refractivity contribution in [3.8, 4) is 6.07 Å². The summed E-state index contributed by atoms with van der Waals surface area (Å²) in [5.41, 5.74) is 2.75. The number of nitriles is 1. The number of H-pyrrole nitrogens is 1. The van der Waals surface area contributed by atoms with Gasteiger partial charge in [-0.2, -0.15) is 5.26 Å². The summed E-state index contributed by atoms with van der Waals surface area (Å²) < 4.78 is 0. The second-order valence-corrected chi connectivity index (χ2v) is 5.92. The fraction of sp³-hybridized carbons (Fsp3) is 0.278. The van der Waals surface area contributed by atoms with Crippen molar-refractivity contribution in [2.75, 3.05) is 18.0 Å². The fourth-order valence-corrected chi connectivity index (χ4v) is 3.19. The zero-order chi connectivity index (χ0) is 15.6. The van der Waals surface area contributed by atoms with E-state index in [2.05, 4.69) is 27.0 Å². The highest BCUT2D eigenvalue weighted by atomic mass is 15.2. The summed E-state index contributed by atoms with van der Waals surface area (Å²) in [6.45, 7) is 1.92. The number of benzene rings is 1. The number of aromatic amines is 1. The topological polar surface area (TPSA) is 68.6 Å². The zero-order valence-corrected chi connectivity index (χ0v) is 12.7. The third kappa shape index (κ3) is 2.64. The molecule has 1 aliphatic rings. The molecule has 0 amide bonds. The van der Waals surface area contributed by atoms with Crippen LogP contribution in [0, 0.1) is 11.3 Å². The van der Waals surface area contributed by atoms with Crippen molar-refractivity contribution in [1.82, 2.24) is 15.0 Å². The van der Waals surface area contributed by atoms with Crippen LogP contribution in [0.5, 0.6) is 0 Å². The number of nitrogens with zero attached hydrogens (tertiary/aromatic N) is 4. The minimum Gasteiger partial charge on any atom is -0.357 e. The Morgan fingerprint density at radius 2 is 1.96 bits per heavy atom. The summed E-state index contributed by atoms with van der Waals surface area (Å²) in [4.78, 5) is 14.8. The molecule has 4 rings (SSSR count). The molecule has 1 N–H and O–H groups in total. The predicted octanol–water partition coefficient (Wildman–Crippen LogP) is 3.21. The second kappa shape index (κ2) is 5.73. The molecule has 3 aromatic rings. The molecule has 114 valence electrons. The Morgan fingerprint density at radius 3 is 2.65 bits per heavy atom. The van der Waals surface area contributed by atoms with E-state index in [0.29, 0.717) is 11.5 Å². The molecular weight excluding hydrogens is 286 g/mol. The first-order chi connectivity index (χ1) is 11.3. The third-order valence-corrected chi connectivity index (χ3v) is 4.49. The normalized spacial score (nSPS) is 15.7. The van der Waals surface area contributed by atoms with Gasteiger partial charge in [0.15, 0.2) is 0 Å². The molecule has 1 aromatic carbocycles. The highest BCUT2D eigenvalue weighted by molar-refractivity contribution is 5.74. The Hall–Kier alpha value is -2.87. The van der Waals surface area contributed by atoms with Crippen molar-refractivity contribution >= 4 is 16.9 Å². The maximum Gasteiger partial charge on any atom is 0.128 e. The van der Waals surface area contributed by atoms with E-state index < -0.39 is 0 Å². The lowest BCUT2D eigenvalue weighted by Crippen LogP contribution is -2.33. The second-order valence-electron chi connectivity index (χ2n) is 5.92. The predicted molar refractivity (Wildman–Crippen MR) is 89.2 cm³/mol. The van der Waals surface area contributed by atoms with Crippen LogP contribution in [0.15, 0.2) is 42.6 Å². The van der Waals surface area contributed by atoms with Gasteiger partial charge in [0.2, 0.25) is 0 Å². The Labute approximate surface area is 134 Å². The molecule has 0 radical (unpaired) electrons. The van der Waals surface area contributed by atoms with Gasteiger partial charge >= 0.3 is 0 Å². The van der Waals surface area contributed by atoms with E-state index in [1.165, 1.54) is 0 Å². The number of piperidine rings is 1. The van der Waals surface area contributed by atoms with Gasteiger partial charge in [0.05, 0.1) is 16.6 Å². The molecule has 0 atom stereocenters. The van der Waals surface area contributed by atoms with Crippen LogP contribution in [-0.4, -0.2) is 28.0 Å². The van der Waals surface area contributed by atoms with Gasteiger partial charge in [-0.25, -0.2) is 9.97 Å². The van der Waals surface area contributed by atoms with Gasteiger partial charge in [0.25, 0.3) is 0 Å². The number of nitrogens with one attached hydrogen (secondary N) is 1. The quantitative estimate of drug-likeness (QED) is 0.789. The van der Waals surface area contributed by atoms with Crippen LogP contribution in [0.4, 0.5) is 5.82 Å². The number of para-hydroxylation sites is 2. The first-order valence-electron chi connectivity index (χ1n) is 7.89. The minimum absolute atomic E-state index is 0.469. The van der Waals surface area contributed by atoms with Crippen LogP contribution in [0.2, 0.25) is 0 Å². The summed E-state index contributed by atoms with van der Waals surface area (Å²) in [5, 5.41) is 8.85. The molecule has 2 aromatic heterocycles. The van der Waals surface area contributed by atoms with E-state index in [-0.39, 0.29) is 0 Å². The standard InChI is InChI=1S/C18H17N5/c19-11-13-5-6-17(20-12-13)23-9-7-14(8-10-23)18-21-15-3-1-2-4-16(15)22-18/h1-6,12,14H,7-10H2,(H,21,22). The molecule has 0 saturated carbocycles. The fourth-order valence-electron chi connectivity index (χ4n) is 3.19. The van der Waals surface area contributed by atoms with Crippen LogP contribution >= 0.6 is 0 Å². The highest BCUT2D eigenvalue weighted by Crippen LogP contribution is 2.29. The molecule has 1 saturated heterocycles. The average Bonchev–Trinajstić information content (AvgIpc) is 3.06. The molecule has 1 aliphatic heterocycles. The molecular formula is C18H17N5. The monoisotopic (exact) mass is 303 g/mol. The maximum absolute atomic E-state index is 8.85. The van der Waals surface area contributed by atoms with Crippen molar-refractivity contribution in [2.24, 2.45) is 0 Å². The van der Waals surface area contributed by atoms with E-state index in [1.54, 1.807) is 6.20 Å². The summed E-state index contributed by atoms with van der Waals surface area (Å²) in [6, 6.07) is 14.0. The smallest absolute Gasteiger partial charge is 0.128 e. The van der Waals surface area contributed by atoms with Gasteiger partial charge in [-0.05, 0) is 37.1 Å². The molecule has 3 heterocycles. The van der Waals surface area contributed by atoms with E-state index in [9.17, 15) is 0 Å². The van der Waals surface area contributed by atoms with Gasteiger partial charge in [-0.1, -0.05) is 12.1 Å². The molecule has 1 fully saturated rings. The minimum atomic E-state index is 0.469. The van der Waals surface area contributed by atoms with Crippen molar-refractivity contribution < 1.29 is 0 Å². The molecule has 5 heteroatoms. The van der Waals surface area contributed by atoms with Gasteiger partial charge in [0, 0.05) is 25.2 Å². The van der Waals surface area contributed by atoms with Crippen LogP contribution in [0.3, 0.4) is 0 Å². The largest absolute Gasteiger partial charge is 0.357 e. The van der Waals surface area contributed by atoms with Gasteiger partial charge in [0.1, 0.15) is 17.7 Å². The van der Waals surface area contributed by atoms with Crippen molar-refractivity contribution in [1.29, 1.82) is 5.26 Å². The number of anilines is 1. The van der Waals surface area contributed by atoms with Crippen LogP contribution in [-0.2, 0) is 0 Å². The van der Waals surface area contributed by atoms with E-state index in [4.69, 9.17) is 10.2 Å². The molecule has 0 unspecified atom stereocenters. The van der Waals surface area contributed by atoms with Crippen LogP contribution in [0.1, 0.15) is 30.1 Å². The number of fused-ring (bicyclic) bond motifs is 1. The van der Waals surface area contributed by atoms with Gasteiger partial charge in [-0.3, -0.25) is 0 Å². The number of rotatable bonds is 2. The van der Waals surface area contributed by atoms with Crippen molar-refractivity contribution in [3.05, 3.63) is 54.0 Å². The summed E-state index contributed by atoms with van der Waals surface area (Å²) >= 11 is 0. The number of imidazole rings is 1. The third-order valence-electron chi connectivity index (χ3n) is 4.49. The molecule has 5 nitrogen and oxygen atoms in total. The van der Waals surface area contributed by atoms with Gasteiger partial charge < -0.3 is 9.88 Å². The average molecular weight is 303 g/mol. The van der Waals surface area contributed by atoms with Crippen LogP contribution in [0.25, 0.3) is 11.0 Å². The lowest BCUT2D eigenvalue weighted by Gasteiger charge is -2.31. The van der Waals surface area contributed by atoms with Crippen molar-refractivity contribution in [2.45, 2.75) is 18.8 Å². The van der Waals surface area contributed by atoms with E-state index in [1.807, 2.05) is 30.3 Å². The Bertz CT molecular complexity index is 818. The molecule has 0 spiro atoms. The first-order valence-corrected chi connectivity index (χ1v) is 7.89. The Morgan fingerprint density at radius 1 is 1.13 bits per heavy atom. The highest BCUT2D eigenvalue weighted by Gasteiger charge is 2.23. The number of pyridine rings is 1. The molecule has 0 bridgehead atoms. The Kier molecular flexibility index (Phi) is 3.43. The van der Waals surface area contributed by atoms with Crippen molar-refractivity contribution in [3.63, 3.8) is 0 Å². The van der Waals surface area contributed by atoms with E-state index >= 15 is 0 Å². The summed E-state index contributed by atoms with van der Waals surface area (Å²) in [7, 11) is 0. The lowest BCUT2D eigenvalue weighted by molar-refractivity contribution is 0.487. The molecule has 0 aliphatic carbocycles. The lowest BCUT2D eigenvalue weighted by atomic mass is 9.96. The maximum atomic E-state index is 8.85. The summed E-state index contributed by atoms with van der Waals surface area (Å²) in [5.74, 6) is 2.52. The first kappa shape index (κ1) is 13.8. The van der Waals surface area contributed by atoms with Gasteiger partial charge in [-0.15, -0.1) is 0 Å². The summed E-state index contributed by atoms with van der Waals surface area (Å²) in [6.07, 6.45) is 3.75. The Balaban J connectivity index is 1.46. The number of aromatic nitrogens is 3. The number of hydrogen-bond acceptors (Lipinski definition) is 4. The SMILES string of the molecule is N#Cc1ccc(N2CCC(c3nc4ccccc4[nH]3)CC2)nc1.